The van der Waals surface area contributed by atoms with Gasteiger partial charge >= 0.3 is 0 Å². The maximum atomic E-state index is 13.0. The quantitative estimate of drug-likeness (QED) is 0.596. The first-order valence-corrected chi connectivity index (χ1v) is 11.5. The Bertz CT molecular complexity index is 1150. The van der Waals surface area contributed by atoms with E-state index in [1.54, 1.807) is 16.4 Å². The molecular weight excluding hydrogens is 424 g/mol. The van der Waals surface area contributed by atoms with Gasteiger partial charge in [0.25, 0.3) is 0 Å². The number of sulfonamides is 1. The van der Waals surface area contributed by atoms with Gasteiger partial charge in [-0.05, 0) is 37.6 Å². The Morgan fingerprint density at radius 2 is 1.77 bits per heavy atom. The van der Waals surface area contributed by atoms with Crippen LogP contribution >= 0.6 is 11.6 Å². The molecule has 1 aliphatic heterocycles. The second-order valence-electron chi connectivity index (χ2n) is 7.43. The fraction of sp³-hybridized carbons (Fsp3) is 0.333. The maximum absolute atomic E-state index is 13.0. The van der Waals surface area contributed by atoms with E-state index < -0.39 is 10.0 Å². The Hall–Kier alpha value is -2.26. The highest BCUT2D eigenvalue weighted by Crippen LogP contribution is 2.27. The molecular formula is C21H23ClN4O3S. The van der Waals surface area contributed by atoms with Gasteiger partial charge in [0.15, 0.2) is 0 Å². The maximum Gasteiger partial charge on any atom is 0.249 e. The van der Waals surface area contributed by atoms with Gasteiger partial charge in [-0.3, -0.25) is 4.90 Å². The zero-order valence-corrected chi connectivity index (χ0v) is 18.4. The first-order valence-electron chi connectivity index (χ1n) is 9.71. The smallest absolute Gasteiger partial charge is 0.249 e. The van der Waals surface area contributed by atoms with E-state index in [4.69, 9.17) is 16.0 Å². The zero-order valence-electron chi connectivity index (χ0n) is 16.9. The number of halogens is 1. The second kappa shape index (κ2) is 8.47. The van der Waals surface area contributed by atoms with Crippen LogP contribution in [-0.4, -0.2) is 54.0 Å². The SMILES string of the molecule is Cc1ccc(S(=O)(=O)N2CCN(Cc3nnc(-c4ccccc4Cl)o3)CC2)c(C)c1. The third-order valence-electron chi connectivity index (χ3n) is 5.21. The molecule has 3 aromatic rings. The van der Waals surface area contributed by atoms with Gasteiger partial charge < -0.3 is 4.42 Å². The molecule has 9 heteroatoms. The third-order valence-corrected chi connectivity index (χ3v) is 7.60. The Morgan fingerprint density at radius 3 is 2.47 bits per heavy atom. The van der Waals surface area contributed by atoms with E-state index in [1.165, 1.54) is 0 Å². The van der Waals surface area contributed by atoms with E-state index in [-0.39, 0.29) is 0 Å². The van der Waals surface area contributed by atoms with Crippen LogP contribution in [0, 0.1) is 13.8 Å². The van der Waals surface area contributed by atoms with Crippen molar-refractivity contribution in [2.45, 2.75) is 25.3 Å². The third kappa shape index (κ3) is 4.27. The van der Waals surface area contributed by atoms with Crippen LogP contribution in [0.25, 0.3) is 11.5 Å². The van der Waals surface area contributed by atoms with Crippen molar-refractivity contribution in [3.8, 4) is 11.5 Å². The molecule has 0 amide bonds. The number of nitrogens with zero attached hydrogens (tertiary/aromatic N) is 4. The van der Waals surface area contributed by atoms with Crippen LogP contribution in [0.15, 0.2) is 51.8 Å². The summed E-state index contributed by atoms with van der Waals surface area (Å²) in [6, 6.07) is 12.7. The van der Waals surface area contributed by atoms with Crippen LogP contribution < -0.4 is 0 Å². The van der Waals surface area contributed by atoms with Crippen molar-refractivity contribution < 1.29 is 12.8 Å². The van der Waals surface area contributed by atoms with E-state index in [9.17, 15) is 8.42 Å². The molecule has 0 spiro atoms. The molecule has 0 bridgehead atoms. The van der Waals surface area contributed by atoms with Crippen LogP contribution in [0.3, 0.4) is 0 Å². The zero-order chi connectivity index (χ0) is 21.3. The predicted molar refractivity (Wildman–Crippen MR) is 115 cm³/mol. The Labute approximate surface area is 181 Å². The highest BCUT2D eigenvalue weighted by Gasteiger charge is 2.30. The molecule has 2 heterocycles. The number of rotatable bonds is 5. The largest absolute Gasteiger partial charge is 0.419 e. The van der Waals surface area contributed by atoms with Crippen LogP contribution in [0.2, 0.25) is 5.02 Å². The summed E-state index contributed by atoms with van der Waals surface area (Å²) in [5, 5.41) is 8.76. The topological polar surface area (TPSA) is 79.5 Å². The van der Waals surface area contributed by atoms with Crippen LogP contribution in [-0.2, 0) is 16.6 Å². The van der Waals surface area contributed by atoms with Crippen molar-refractivity contribution in [1.29, 1.82) is 0 Å². The summed E-state index contributed by atoms with van der Waals surface area (Å²) in [6.07, 6.45) is 0. The summed E-state index contributed by atoms with van der Waals surface area (Å²) < 4.78 is 33.4. The average molecular weight is 447 g/mol. The van der Waals surface area contributed by atoms with Crippen molar-refractivity contribution >= 4 is 21.6 Å². The molecule has 0 N–H and O–H groups in total. The molecule has 0 atom stereocenters. The number of benzene rings is 2. The van der Waals surface area contributed by atoms with E-state index in [1.807, 2.05) is 44.2 Å². The van der Waals surface area contributed by atoms with Gasteiger partial charge in [0.2, 0.25) is 21.8 Å². The summed E-state index contributed by atoms with van der Waals surface area (Å²) in [4.78, 5) is 2.49. The molecule has 1 aliphatic rings. The highest BCUT2D eigenvalue weighted by atomic mass is 35.5. The van der Waals surface area contributed by atoms with Gasteiger partial charge in [0.05, 0.1) is 22.0 Å². The fourth-order valence-corrected chi connectivity index (χ4v) is 5.45. The van der Waals surface area contributed by atoms with Crippen molar-refractivity contribution in [3.05, 3.63) is 64.5 Å². The van der Waals surface area contributed by atoms with Crippen molar-refractivity contribution in [2.75, 3.05) is 26.2 Å². The van der Waals surface area contributed by atoms with Gasteiger partial charge in [0.1, 0.15) is 0 Å². The summed E-state index contributed by atoms with van der Waals surface area (Å²) >= 11 is 6.19. The molecule has 0 saturated carbocycles. The number of aromatic nitrogens is 2. The van der Waals surface area contributed by atoms with E-state index in [0.717, 1.165) is 11.1 Å². The number of hydrogen-bond acceptors (Lipinski definition) is 6. The second-order valence-corrected chi connectivity index (χ2v) is 9.74. The van der Waals surface area contributed by atoms with Crippen LogP contribution in [0.1, 0.15) is 17.0 Å². The van der Waals surface area contributed by atoms with Crippen molar-refractivity contribution in [1.82, 2.24) is 19.4 Å². The molecule has 2 aromatic carbocycles. The van der Waals surface area contributed by atoms with Gasteiger partial charge in [0, 0.05) is 26.2 Å². The van der Waals surface area contributed by atoms with Crippen LogP contribution in [0.4, 0.5) is 0 Å². The average Bonchev–Trinajstić information content (AvgIpc) is 3.16. The van der Waals surface area contributed by atoms with Crippen molar-refractivity contribution in [2.24, 2.45) is 0 Å². The van der Waals surface area contributed by atoms with Gasteiger partial charge in [-0.2, -0.15) is 4.31 Å². The lowest BCUT2D eigenvalue weighted by atomic mass is 10.2. The number of piperazine rings is 1. The number of aryl methyl sites for hydroxylation is 2. The lowest BCUT2D eigenvalue weighted by molar-refractivity contribution is 0.168. The normalized spacial score (nSPS) is 16.1. The van der Waals surface area contributed by atoms with Gasteiger partial charge in [-0.1, -0.05) is 41.4 Å². The minimum absolute atomic E-state index is 0.378. The monoisotopic (exact) mass is 446 g/mol. The first-order chi connectivity index (χ1) is 14.3. The minimum Gasteiger partial charge on any atom is -0.419 e. The van der Waals surface area contributed by atoms with Gasteiger partial charge in [-0.15, -0.1) is 10.2 Å². The lowest BCUT2D eigenvalue weighted by Gasteiger charge is -2.33. The summed E-state index contributed by atoms with van der Waals surface area (Å²) in [6.45, 7) is 6.28. The molecule has 4 rings (SSSR count). The molecule has 0 radical (unpaired) electrons. The van der Waals surface area contributed by atoms with E-state index in [2.05, 4.69) is 15.1 Å². The van der Waals surface area contributed by atoms with E-state index in [0.29, 0.717) is 60.0 Å². The molecule has 1 fully saturated rings. The Morgan fingerprint density at radius 1 is 1.03 bits per heavy atom. The molecule has 1 saturated heterocycles. The first kappa shape index (κ1) is 21.0. The fourth-order valence-electron chi connectivity index (χ4n) is 3.61. The van der Waals surface area contributed by atoms with Gasteiger partial charge in [-0.25, -0.2) is 8.42 Å². The summed E-state index contributed by atoms with van der Waals surface area (Å²) in [7, 11) is -3.50. The molecule has 0 aliphatic carbocycles. The lowest BCUT2D eigenvalue weighted by Crippen LogP contribution is -2.48. The summed E-state index contributed by atoms with van der Waals surface area (Å²) in [5.74, 6) is 0.863. The van der Waals surface area contributed by atoms with E-state index >= 15 is 0 Å². The molecule has 0 unspecified atom stereocenters. The number of hydrogen-bond donors (Lipinski definition) is 0. The standard InChI is InChI=1S/C21H23ClN4O3S/c1-15-7-8-19(16(2)13-15)30(27,28)26-11-9-25(10-12-26)14-20-23-24-21(29-20)17-5-3-4-6-18(17)22/h3-8,13H,9-12,14H2,1-2H3. The minimum atomic E-state index is -3.50. The molecule has 158 valence electrons. The summed E-state index contributed by atoms with van der Waals surface area (Å²) in [5.41, 5.74) is 2.52. The Balaban J connectivity index is 1.40. The highest BCUT2D eigenvalue weighted by molar-refractivity contribution is 7.89. The predicted octanol–water partition coefficient (Wildman–Crippen LogP) is 3.51. The van der Waals surface area contributed by atoms with Crippen molar-refractivity contribution in [3.63, 3.8) is 0 Å². The molecule has 30 heavy (non-hydrogen) atoms. The molecule has 7 nitrogen and oxygen atoms in total. The Kier molecular flexibility index (Phi) is 5.92. The van der Waals surface area contributed by atoms with Crippen LogP contribution in [0.5, 0.6) is 0 Å². The molecule has 1 aromatic heterocycles.